The molecule has 2 heteroatoms. The Morgan fingerprint density at radius 2 is 1.80 bits per heavy atom. The molecule has 15 heavy (non-hydrogen) atoms. The van der Waals surface area contributed by atoms with Gasteiger partial charge in [0.1, 0.15) is 0 Å². The molecular weight excluding hydrogens is 206 g/mol. The van der Waals surface area contributed by atoms with E-state index in [0.29, 0.717) is 5.41 Å². The first-order valence-corrected chi connectivity index (χ1v) is 5.92. The molecule has 0 amide bonds. The van der Waals surface area contributed by atoms with E-state index in [1.807, 2.05) is 12.1 Å². The highest BCUT2D eigenvalue weighted by atomic mass is 35.5. The lowest BCUT2D eigenvalue weighted by Crippen LogP contribution is -2.59. The fourth-order valence-corrected chi connectivity index (χ4v) is 2.80. The van der Waals surface area contributed by atoms with Gasteiger partial charge in [0, 0.05) is 24.7 Å². The molecule has 0 bridgehead atoms. The molecule has 1 aromatic carbocycles. The van der Waals surface area contributed by atoms with Crippen molar-refractivity contribution < 1.29 is 0 Å². The van der Waals surface area contributed by atoms with E-state index >= 15 is 0 Å². The second-order valence-corrected chi connectivity index (χ2v) is 5.40. The Bertz CT molecular complexity index is 345. The lowest BCUT2D eigenvalue weighted by molar-refractivity contribution is -0.0383. The van der Waals surface area contributed by atoms with E-state index in [4.69, 9.17) is 11.6 Å². The maximum atomic E-state index is 5.86. The summed E-state index contributed by atoms with van der Waals surface area (Å²) >= 11 is 5.86. The minimum atomic E-state index is 0.687. The van der Waals surface area contributed by atoms with Crippen molar-refractivity contribution in [3.05, 3.63) is 41.3 Å². The van der Waals surface area contributed by atoms with Crippen LogP contribution in [0.15, 0.2) is 24.3 Å². The molecule has 1 radical (unpaired) electrons. The molecule has 3 rings (SSSR count). The first-order chi connectivity index (χ1) is 7.26. The zero-order chi connectivity index (χ0) is 10.3. The van der Waals surface area contributed by atoms with Crippen LogP contribution in [0.2, 0.25) is 5.02 Å². The van der Waals surface area contributed by atoms with Crippen LogP contribution in [0.4, 0.5) is 0 Å². The van der Waals surface area contributed by atoms with E-state index in [0.717, 1.165) is 11.6 Å². The quantitative estimate of drug-likeness (QED) is 0.740. The van der Waals surface area contributed by atoms with Crippen molar-refractivity contribution >= 4 is 11.6 Å². The minimum Gasteiger partial charge on any atom is -0.298 e. The highest BCUT2D eigenvalue weighted by Crippen LogP contribution is 2.47. The van der Waals surface area contributed by atoms with Crippen molar-refractivity contribution in [1.82, 2.24) is 4.90 Å². The van der Waals surface area contributed by atoms with Crippen LogP contribution in [0, 0.1) is 11.8 Å². The van der Waals surface area contributed by atoms with Crippen molar-refractivity contribution in [1.29, 1.82) is 0 Å². The summed E-state index contributed by atoms with van der Waals surface area (Å²) in [5, 5.41) is 0.826. The molecular formula is C13H15ClN. The standard InChI is InChI=1S/C13H15ClN/c14-12-4-2-11(3-5-12)8-15-9-13(10-15)6-1-7-13/h1-5H,6-10H2. The molecule has 1 nitrogen and oxygen atoms in total. The van der Waals surface area contributed by atoms with Crippen LogP contribution in [0.3, 0.4) is 0 Å². The van der Waals surface area contributed by atoms with Crippen LogP contribution in [-0.2, 0) is 6.54 Å². The Balaban J connectivity index is 1.56. The van der Waals surface area contributed by atoms with Gasteiger partial charge in [0.15, 0.2) is 0 Å². The van der Waals surface area contributed by atoms with Gasteiger partial charge in [-0.1, -0.05) is 23.7 Å². The molecule has 0 N–H and O–H groups in total. The molecule has 2 aliphatic rings. The lowest BCUT2D eigenvalue weighted by Gasteiger charge is -2.56. The maximum Gasteiger partial charge on any atom is 0.0406 e. The minimum absolute atomic E-state index is 0.687. The largest absolute Gasteiger partial charge is 0.298 e. The van der Waals surface area contributed by atoms with Crippen molar-refractivity contribution in [2.75, 3.05) is 13.1 Å². The third-order valence-electron chi connectivity index (χ3n) is 3.59. The summed E-state index contributed by atoms with van der Waals surface area (Å²) in [6.45, 7) is 3.65. The Morgan fingerprint density at radius 1 is 1.13 bits per heavy atom. The Hall–Kier alpha value is -0.530. The van der Waals surface area contributed by atoms with Gasteiger partial charge in [0.05, 0.1) is 0 Å². The Labute approximate surface area is 96.0 Å². The van der Waals surface area contributed by atoms with Crippen molar-refractivity contribution in [3.63, 3.8) is 0 Å². The van der Waals surface area contributed by atoms with Crippen LogP contribution in [0.1, 0.15) is 18.4 Å². The number of halogens is 1. The second kappa shape index (κ2) is 3.50. The molecule has 1 saturated carbocycles. The van der Waals surface area contributed by atoms with Gasteiger partial charge >= 0.3 is 0 Å². The molecule has 1 aliphatic heterocycles. The predicted octanol–water partition coefficient (Wildman–Crippen LogP) is 3.14. The summed E-state index contributed by atoms with van der Waals surface area (Å²) in [6.07, 6.45) is 5.08. The van der Waals surface area contributed by atoms with Crippen LogP contribution in [0.25, 0.3) is 0 Å². The summed E-state index contributed by atoms with van der Waals surface area (Å²) in [6, 6.07) is 8.20. The smallest absolute Gasteiger partial charge is 0.0406 e. The first-order valence-electron chi connectivity index (χ1n) is 5.54. The fourth-order valence-electron chi connectivity index (χ4n) is 2.67. The molecule has 1 aromatic rings. The summed E-state index contributed by atoms with van der Waals surface area (Å²) in [5.74, 6) is 0. The van der Waals surface area contributed by atoms with Crippen LogP contribution < -0.4 is 0 Å². The first kappa shape index (κ1) is 9.68. The van der Waals surface area contributed by atoms with Gasteiger partial charge in [-0.2, -0.15) is 0 Å². The number of hydrogen-bond acceptors (Lipinski definition) is 1. The van der Waals surface area contributed by atoms with E-state index in [2.05, 4.69) is 23.5 Å². The third-order valence-corrected chi connectivity index (χ3v) is 3.84. The Morgan fingerprint density at radius 3 is 2.33 bits per heavy atom. The van der Waals surface area contributed by atoms with E-state index in [-0.39, 0.29) is 0 Å². The SMILES string of the molecule is Clc1ccc(CN2CC3(C[CH]C3)C2)cc1. The average Bonchev–Trinajstić information content (AvgIpc) is 2.10. The monoisotopic (exact) mass is 220 g/mol. The normalized spacial score (nSPS) is 23.5. The van der Waals surface area contributed by atoms with E-state index in [9.17, 15) is 0 Å². The summed E-state index contributed by atoms with van der Waals surface area (Å²) < 4.78 is 0. The average molecular weight is 221 g/mol. The topological polar surface area (TPSA) is 3.24 Å². The van der Waals surface area contributed by atoms with E-state index in [1.54, 1.807) is 0 Å². The van der Waals surface area contributed by atoms with Crippen LogP contribution in [0.5, 0.6) is 0 Å². The Kier molecular flexibility index (Phi) is 2.26. The van der Waals surface area contributed by atoms with Gasteiger partial charge in [-0.15, -0.1) is 0 Å². The summed E-state index contributed by atoms with van der Waals surface area (Å²) in [7, 11) is 0. The molecule has 1 aliphatic carbocycles. The number of likely N-dealkylation sites (tertiary alicyclic amines) is 1. The molecule has 79 valence electrons. The highest BCUT2D eigenvalue weighted by Gasteiger charge is 2.46. The molecule has 0 aromatic heterocycles. The van der Waals surface area contributed by atoms with Crippen molar-refractivity contribution in [2.45, 2.75) is 19.4 Å². The number of benzene rings is 1. The van der Waals surface area contributed by atoms with Crippen LogP contribution in [-0.4, -0.2) is 18.0 Å². The van der Waals surface area contributed by atoms with Gasteiger partial charge in [-0.25, -0.2) is 0 Å². The molecule has 2 fully saturated rings. The van der Waals surface area contributed by atoms with Gasteiger partial charge in [0.2, 0.25) is 0 Å². The van der Waals surface area contributed by atoms with E-state index < -0.39 is 0 Å². The summed E-state index contributed by atoms with van der Waals surface area (Å²) in [5.41, 5.74) is 2.06. The molecule has 0 atom stereocenters. The zero-order valence-electron chi connectivity index (χ0n) is 8.75. The van der Waals surface area contributed by atoms with Gasteiger partial charge in [-0.3, -0.25) is 4.90 Å². The second-order valence-electron chi connectivity index (χ2n) is 4.97. The van der Waals surface area contributed by atoms with Gasteiger partial charge in [-0.05, 0) is 42.4 Å². The summed E-state index contributed by atoms with van der Waals surface area (Å²) in [4.78, 5) is 2.52. The van der Waals surface area contributed by atoms with E-state index in [1.165, 1.54) is 31.5 Å². The van der Waals surface area contributed by atoms with Gasteiger partial charge < -0.3 is 0 Å². The number of rotatable bonds is 2. The maximum absolute atomic E-state index is 5.86. The fraction of sp³-hybridized carbons (Fsp3) is 0.462. The lowest BCUT2D eigenvalue weighted by atomic mass is 9.63. The zero-order valence-corrected chi connectivity index (χ0v) is 9.50. The number of nitrogens with zero attached hydrogens (tertiary/aromatic N) is 1. The van der Waals surface area contributed by atoms with Crippen molar-refractivity contribution in [2.24, 2.45) is 5.41 Å². The van der Waals surface area contributed by atoms with Crippen molar-refractivity contribution in [3.8, 4) is 0 Å². The van der Waals surface area contributed by atoms with Gasteiger partial charge in [0.25, 0.3) is 0 Å². The predicted molar refractivity (Wildman–Crippen MR) is 62.7 cm³/mol. The number of hydrogen-bond donors (Lipinski definition) is 0. The third kappa shape index (κ3) is 1.79. The molecule has 1 heterocycles. The van der Waals surface area contributed by atoms with Crippen LogP contribution >= 0.6 is 11.6 Å². The highest BCUT2D eigenvalue weighted by molar-refractivity contribution is 6.30. The molecule has 1 spiro atoms. The molecule has 0 unspecified atom stereocenters. The molecule has 1 saturated heterocycles.